The minimum Gasteiger partial charge on any atom is -0.419 e. The Morgan fingerprint density at radius 2 is 2.00 bits per heavy atom. The predicted octanol–water partition coefficient (Wildman–Crippen LogP) is 5.51. The smallest absolute Gasteiger partial charge is 0.305 e. The Morgan fingerprint density at radius 3 is 2.85 bits per heavy atom. The molecule has 0 saturated carbocycles. The van der Waals surface area contributed by atoms with E-state index >= 15 is 0 Å². The van der Waals surface area contributed by atoms with Crippen LogP contribution in [0.1, 0.15) is 43.5 Å². The first-order valence-corrected chi connectivity index (χ1v) is 11.3. The summed E-state index contributed by atoms with van der Waals surface area (Å²) >= 11 is 0. The van der Waals surface area contributed by atoms with Gasteiger partial charge in [-0.3, -0.25) is 9.69 Å². The number of aromatic nitrogens is 1. The molecule has 33 heavy (non-hydrogen) atoms. The lowest BCUT2D eigenvalue weighted by molar-refractivity contribution is -0.122. The van der Waals surface area contributed by atoms with Crippen molar-refractivity contribution in [3.63, 3.8) is 0 Å². The second-order valence-corrected chi connectivity index (χ2v) is 7.91. The lowest BCUT2D eigenvalue weighted by Gasteiger charge is -2.09. The average Bonchev–Trinajstić information content (AvgIpc) is 3.05. The van der Waals surface area contributed by atoms with Crippen LogP contribution in [-0.4, -0.2) is 27.9 Å². The van der Waals surface area contributed by atoms with Crippen molar-refractivity contribution in [1.82, 2.24) is 9.47 Å². The zero-order chi connectivity index (χ0) is 22.8. The Labute approximate surface area is 193 Å². The summed E-state index contributed by atoms with van der Waals surface area (Å²) in [4.78, 5) is 19.1. The van der Waals surface area contributed by atoms with Crippen LogP contribution in [0.15, 0.2) is 65.0 Å². The molecule has 1 aliphatic heterocycles. The number of carbonyl (C=O) groups excluding carboxylic acids is 1. The predicted molar refractivity (Wildman–Crippen MR) is 134 cm³/mol. The van der Waals surface area contributed by atoms with E-state index in [9.17, 15) is 4.79 Å². The van der Waals surface area contributed by atoms with Crippen LogP contribution in [0.2, 0.25) is 0 Å². The van der Waals surface area contributed by atoms with E-state index in [1.165, 1.54) is 22.2 Å². The second kappa shape index (κ2) is 8.84. The molecule has 0 N–H and O–H groups in total. The molecule has 5 nitrogen and oxygen atoms in total. The first kappa shape index (κ1) is 20.8. The van der Waals surface area contributed by atoms with Gasteiger partial charge in [-0.1, -0.05) is 42.2 Å². The number of nitrogens with zero attached hydrogens (tertiary/aromatic N) is 3. The van der Waals surface area contributed by atoms with Gasteiger partial charge < -0.3 is 9.30 Å². The number of ether oxygens (including phenoxy) is 1. The molecule has 2 heterocycles. The summed E-state index contributed by atoms with van der Waals surface area (Å²) in [6, 6.07) is 6.56. The highest BCUT2D eigenvalue weighted by atomic mass is 16.5. The Bertz CT molecular complexity index is 1380. The van der Waals surface area contributed by atoms with Crippen molar-refractivity contribution < 1.29 is 9.53 Å². The quantitative estimate of drug-likeness (QED) is 0.469. The zero-order valence-corrected chi connectivity index (χ0v) is 18.8. The third-order valence-corrected chi connectivity index (χ3v) is 5.87. The molecule has 5 heteroatoms. The molecule has 1 aromatic heterocycles. The number of rotatable bonds is 4. The fraction of sp³-hybridized carbons (Fsp3) is 0.214. The minimum atomic E-state index is -0.187. The van der Waals surface area contributed by atoms with E-state index in [0.717, 1.165) is 18.5 Å². The lowest BCUT2D eigenvalue weighted by atomic mass is 10.1. The zero-order valence-electron chi connectivity index (χ0n) is 18.8. The van der Waals surface area contributed by atoms with Crippen LogP contribution in [-0.2, 0) is 16.1 Å². The Hall–Kier alpha value is -4.04. The van der Waals surface area contributed by atoms with E-state index in [1.807, 2.05) is 25.1 Å². The molecular weight excluding hydrogens is 410 g/mol. The number of aliphatic imine (C=N–C) groups is 1. The normalized spacial score (nSPS) is 19.4. The topological polar surface area (TPSA) is 46.8 Å². The van der Waals surface area contributed by atoms with Crippen molar-refractivity contribution in [2.24, 2.45) is 4.99 Å². The molecule has 164 valence electrons. The number of hydrogen-bond acceptors (Lipinski definition) is 3. The Balaban J connectivity index is 1.54. The summed E-state index contributed by atoms with van der Waals surface area (Å²) in [5, 5.41) is 1.17. The summed E-state index contributed by atoms with van der Waals surface area (Å²) in [5.41, 5.74) is 5.21. The van der Waals surface area contributed by atoms with Crippen molar-refractivity contribution in [3.8, 4) is 11.8 Å². The SMILES string of the molecule is CCN1C(=O)/C(=C\c2ccc3c(c2)c2c(n3CC)C=CCC=C2)OC1=NC1=CC#CCC=C1. The monoisotopic (exact) mass is 435 g/mol. The van der Waals surface area contributed by atoms with Crippen molar-refractivity contribution in [2.45, 2.75) is 33.2 Å². The maximum atomic E-state index is 13.0. The highest BCUT2D eigenvalue weighted by molar-refractivity contribution is 6.11. The third-order valence-electron chi connectivity index (χ3n) is 5.87. The van der Waals surface area contributed by atoms with Crippen LogP contribution in [0.25, 0.3) is 29.1 Å². The number of carbonyl (C=O) groups is 1. The maximum Gasteiger partial charge on any atom is 0.305 e. The first-order valence-electron chi connectivity index (χ1n) is 11.3. The van der Waals surface area contributed by atoms with E-state index in [2.05, 4.69) is 64.8 Å². The van der Waals surface area contributed by atoms with E-state index in [4.69, 9.17) is 4.74 Å². The van der Waals surface area contributed by atoms with E-state index < -0.39 is 0 Å². The Morgan fingerprint density at radius 1 is 1.12 bits per heavy atom. The number of amidine groups is 1. The first-order chi connectivity index (χ1) is 16.2. The summed E-state index contributed by atoms with van der Waals surface area (Å²) in [5.74, 6) is 6.04. The number of fused-ring (bicyclic) bond motifs is 3. The molecule has 0 bridgehead atoms. The maximum absolute atomic E-state index is 13.0. The summed E-state index contributed by atoms with van der Waals surface area (Å²) in [7, 11) is 0. The molecule has 1 amide bonds. The van der Waals surface area contributed by atoms with Crippen LogP contribution < -0.4 is 0 Å². The van der Waals surface area contributed by atoms with Crippen LogP contribution in [0.4, 0.5) is 0 Å². The van der Waals surface area contributed by atoms with Crippen LogP contribution in [0, 0.1) is 11.8 Å². The molecule has 0 spiro atoms. The summed E-state index contributed by atoms with van der Waals surface area (Å²) in [6.07, 6.45) is 17.7. The van der Waals surface area contributed by atoms with E-state index in [0.29, 0.717) is 18.7 Å². The lowest BCUT2D eigenvalue weighted by Crippen LogP contribution is -2.29. The van der Waals surface area contributed by atoms with Gasteiger partial charge in [-0.05, 0) is 56.2 Å². The van der Waals surface area contributed by atoms with Gasteiger partial charge in [0.15, 0.2) is 5.76 Å². The highest BCUT2D eigenvalue weighted by Crippen LogP contribution is 2.32. The van der Waals surface area contributed by atoms with E-state index in [1.54, 1.807) is 17.1 Å². The fourth-order valence-corrected chi connectivity index (χ4v) is 4.32. The van der Waals surface area contributed by atoms with Crippen molar-refractivity contribution in [3.05, 3.63) is 76.9 Å². The molecule has 0 radical (unpaired) electrons. The number of hydrogen-bond donors (Lipinski definition) is 0. The molecule has 2 aromatic rings. The minimum absolute atomic E-state index is 0.187. The number of likely N-dealkylation sites (N-methyl/N-ethyl adjacent to an activating group) is 1. The molecule has 3 aliphatic rings. The highest BCUT2D eigenvalue weighted by Gasteiger charge is 2.33. The Kier molecular flexibility index (Phi) is 5.58. The number of amides is 1. The van der Waals surface area contributed by atoms with Crippen LogP contribution in [0.3, 0.4) is 0 Å². The summed E-state index contributed by atoms with van der Waals surface area (Å²) < 4.78 is 8.25. The number of allylic oxidation sites excluding steroid dienone is 5. The van der Waals surface area contributed by atoms with E-state index in [-0.39, 0.29) is 17.7 Å². The van der Waals surface area contributed by atoms with Gasteiger partial charge in [-0.25, -0.2) is 0 Å². The van der Waals surface area contributed by atoms with Gasteiger partial charge in [0.05, 0.1) is 5.70 Å². The van der Waals surface area contributed by atoms with Crippen LogP contribution >= 0.6 is 0 Å². The largest absolute Gasteiger partial charge is 0.419 e. The molecule has 5 rings (SSSR count). The molecule has 1 saturated heterocycles. The molecule has 1 aromatic carbocycles. The summed E-state index contributed by atoms with van der Waals surface area (Å²) in [6.45, 7) is 5.44. The number of aryl methyl sites for hydroxylation is 1. The van der Waals surface area contributed by atoms with Gasteiger partial charge in [0.1, 0.15) is 0 Å². The van der Waals surface area contributed by atoms with Crippen molar-refractivity contribution in [1.29, 1.82) is 0 Å². The van der Waals surface area contributed by atoms with Gasteiger partial charge in [0, 0.05) is 47.7 Å². The molecule has 2 aliphatic carbocycles. The van der Waals surface area contributed by atoms with Gasteiger partial charge in [0.25, 0.3) is 5.91 Å². The van der Waals surface area contributed by atoms with Crippen molar-refractivity contribution >= 4 is 41.1 Å². The third kappa shape index (κ3) is 3.85. The molecule has 0 atom stereocenters. The second-order valence-electron chi connectivity index (χ2n) is 7.91. The molecule has 0 unspecified atom stereocenters. The van der Waals surface area contributed by atoms with Gasteiger partial charge in [0.2, 0.25) is 0 Å². The number of benzene rings is 1. The van der Waals surface area contributed by atoms with Gasteiger partial charge >= 0.3 is 6.02 Å². The average molecular weight is 436 g/mol. The van der Waals surface area contributed by atoms with Crippen LogP contribution in [0.5, 0.6) is 0 Å². The molecular formula is C28H25N3O2. The van der Waals surface area contributed by atoms with Gasteiger partial charge in [-0.15, -0.1) is 0 Å². The van der Waals surface area contributed by atoms with Gasteiger partial charge in [-0.2, -0.15) is 4.99 Å². The molecule has 1 fully saturated rings. The van der Waals surface area contributed by atoms with Crippen molar-refractivity contribution in [2.75, 3.05) is 6.54 Å². The standard InChI is InChI=1S/C28H25N3O2/c1-3-30-24-15-11-7-10-14-22(24)23-18-20(16-17-25(23)30)19-26-27(32)31(4-2)28(33-26)29-21-12-8-5-6-9-13-21/h8,10-19H,3-5,7H2,1-2H3/b26-19+,29-28?. The fourth-order valence-electron chi connectivity index (χ4n) is 4.32.